The zero-order chi connectivity index (χ0) is 15.4. The van der Waals surface area contributed by atoms with Gasteiger partial charge in [0.1, 0.15) is 0 Å². The van der Waals surface area contributed by atoms with Crippen LogP contribution in [0, 0.1) is 0 Å². The van der Waals surface area contributed by atoms with Gasteiger partial charge in [0.2, 0.25) is 5.56 Å². The summed E-state index contributed by atoms with van der Waals surface area (Å²) in [5.74, 6) is -0.334. The van der Waals surface area contributed by atoms with E-state index in [0.717, 1.165) is 21.9 Å². The van der Waals surface area contributed by atoms with Crippen LogP contribution in [0.15, 0.2) is 72.8 Å². The number of hydrogen-bond acceptors (Lipinski definition) is 2. The maximum absolute atomic E-state index is 12.0. The Labute approximate surface area is 134 Å². The number of carbonyl (C=O) groups excluding carboxylic acids is 1. The zero-order valence-corrected chi connectivity index (χ0v) is 12.7. The summed E-state index contributed by atoms with van der Waals surface area (Å²) < 4.78 is 5.28. The van der Waals surface area contributed by atoms with Crippen LogP contribution in [-0.4, -0.2) is 5.97 Å². The SMILES string of the molecule is O=C(Cc1ccc2ccccc2c1)OC(Cl)c1ccccc1. The van der Waals surface area contributed by atoms with Gasteiger partial charge in [-0.15, -0.1) is 0 Å². The van der Waals surface area contributed by atoms with E-state index in [9.17, 15) is 4.79 Å². The Kier molecular flexibility index (Phi) is 4.40. The zero-order valence-electron chi connectivity index (χ0n) is 11.9. The van der Waals surface area contributed by atoms with Crippen LogP contribution >= 0.6 is 11.6 Å². The molecule has 0 heterocycles. The summed E-state index contributed by atoms with van der Waals surface area (Å²) in [6.45, 7) is 0. The number of benzene rings is 3. The minimum absolute atomic E-state index is 0.209. The average molecular weight is 311 g/mol. The van der Waals surface area contributed by atoms with Crippen molar-refractivity contribution in [3.63, 3.8) is 0 Å². The Balaban J connectivity index is 1.68. The van der Waals surface area contributed by atoms with Crippen molar-refractivity contribution in [1.29, 1.82) is 0 Å². The number of alkyl halides is 1. The lowest BCUT2D eigenvalue weighted by Crippen LogP contribution is -2.10. The Morgan fingerprint density at radius 1 is 0.909 bits per heavy atom. The summed E-state index contributed by atoms with van der Waals surface area (Å²) in [7, 11) is 0. The summed E-state index contributed by atoms with van der Waals surface area (Å²) in [5, 5.41) is 2.26. The number of fused-ring (bicyclic) bond motifs is 1. The molecule has 0 spiro atoms. The Morgan fingerprint density at radius 3 is 2.36 bits per heavy atom. The van der Waals surface area contributed by atoms with Crippen molar-refractivity contribution in [2.45, 2.75) is 12.0 Å². The third-order valence-corrected chi connectivity index (χ3v) is 3.80. The highest BCUT2D eigenvalue weighted by Crippen LogP contribution is 2.22. The fraction of sp³-hybridized carbons (Fsp3) is 0.105. The van der Waals surface area contributed by atoms with Gasteiger partial charge in [-0.05, 0) is 16.3 Å². The molecule has 110 valence electrons. The maximum atomic E-state index is 12.0. The number of halogens is 1. The molecule has 0 aliphatic rings. The molecule has 3 heteroatoms. The van der Waals surface area contributed by atoms with Crippen molar-refractivity contribution in [1.82, 2.24) is 0 Å². The van der Waals surface area contributed by atoms with Gasteiger partial charge in [-0.25, -0.2) is 0 Å². The van der Waals surface area contributed by atoms with Gasteiger partial charge in [-0.3, -0.25) is 4.79 Å². The second kappa shape index (κ2) is 6.63. The van der Waals surface area contributed by atoms with Gasteiger partial charge in [-0.1, -0.05) is 84.4 Å². The third kappa shape index (κ3) is 3.46. The van der Waals surface area contributed by atoms with Crippen LogP contribution in [0.3, 0.4) is 0 Å². The number of hydrogen-bond donors (Lipinski definition) is 0. The molecule has 22 heavy (non-hydrogen) atoms. The monoisotopic (exact) mass is 310 g/mol. The molecule has 2 nitrogen and oxygen atoms in total. The predicted octanol–water partition coefficient (Wildman–Crippen LogP) is 4.86. The summed E-state index contributed by atoms with van der Waals surface area (Å²) >= 11 is 6.12. The van der Waals surface area contributed by atoms with E-state index < -0.39 is 5.56 Å². The van der Waals surface area contributed by atoms with E-state index >= 15 is 0 Å². The minimum Gasteiger partial charge on any atom is -0.441 e. The molecule has 3 rings (SSSR count). The van der Waals surface area contributed by atoms with Crippen LogP contribution in [0.25, 0.3) is 10.8 Å². The Morgan fingerprint density at radius 2 is 1.59 bits per heavy atom. The van der Waals surface area contributed by atoms with Gasteiger partial charge in [0.05, 0.1) is 6.42 Å². The smallest absolute Gasteiger partial charge is 0.312 e. The van der Waals surface area contributed by atoms with E-state index in [4.69, 9.17) is 16.3 Å². The van der Waals surface area contributed by atoms with Gasteiger partial charge in [0.25, 0.3) is 0 Å². The molecule has 0 aliphatic heterocycles. The third-order valence-electron chi connectivity index (χ3n) is 3.46. The Hall–Kier alpha value is -2.32. The van der Waals surface area contributed by atoms with Crippen LogP contribution in [-0.2, 0) is 16.0 Å². The van der Waals surface area contributed by atoms with Crippen LogP contribution in [0.2, 0.25) is 0 Å². The predicted molar refractivity (Wildman–Crippen MR) is 88.8 cm³/mol. The van der Waals surface area contributed by atoms with Crippen molar-refractivity contribution in [2.24, 2.45) is 0 Å². The number of ether oxygens (including phenoxy) is 1. The van der Waals surface area contributed by atoms with Crippen molar-refractivity contribution in [3.8, 4) is 0 Å². The molecule has 0 aliphatic carbocycles. The molecule has 3 aromatic carbocycles. The average Bonchev–Trinajstić information content (AvgIpc) is 2.55. The molecule has 1 unspecified atom stereocenters. The van der Waals surface area contributed by atoms with E-state index in [0.29, 0.717) is 0 Å². The van der Waals surface area contributed by atoms with Gasteiger partial charge in [-0.2, -0.15) is 0 Å². The largest absolute Gasteiger partial charge is 0.441 e. The summed E-state index contributed by atoms with van der Waals surface area (Å²) in [6, 6.07) is 23.3. The Bertz CT molecular complexity index is 784. The highest BCUT2D eigenvalue weighted by atomic mass is 35.5. The van der Waals surface area contributed by atoms with Crippen LogP contribution in [0.1, 0.15) is 16.7 Å². The molecule has 0 saturated heterocycles. The molecular weight excluding hydrogens is 296 g/mol. The molecular formula is C19H15ClO2. The van der Waals surface area contributed by atoms with E-state index in [1.165, 1.54) is 0 Å². The summed E-state index contributed by atoms with van der Waals surface area (Å²) in [6.07, 6.45) is 0.209. The topological polar surface area (TPSA) is 26.3 Å². The lowest BCUT2D eigenvalue weighted by Gasteiger charge is -2.11. The van der Waals surface area contributed by atoms with E-state index in [1.54, 1.807) is 0 Å². The van der Waals surface area contributed by atoms with Crippen LogP contribution in [0.5, 0.6) is 0 Å². The molecule has 0 saturated carbocycles. The second-order valence-electron chi connectivity index (χ2n) is 5.07. The fourth-order valence-corrected chi connectivity index (χ4v) is 2.59. The number of carbonyl (C=O) groups is 1. The van der Waals surface area contributed by atoms with E-state index in [2.05, 4.69) is 0 Å². The first-order valence-electron chi connectivity index (χ1n) is 7.08. The van der Waals surface area contributed by atoms with Crippen molar-refractivity contribution >= 4 is 28.3 Å². The normalized spacial score (nSPS) is 12.0. The van der Waals surface area contributed by atoms with Crippen molar-refractivity contribution in [3.05, 3.63) is 83.9 Å². The number of esters is 1. The van der Waals surface area contributed by atoms with Crippen molar-refractivity contribution in [2.75, 3.05) is 0 Å². The maximum Gasteiger partial charge on any atom is 0.312 e. The first-order chi connectivity index (χ1) is 10.7. The highest BCUT2D eigenvalue weighted by molar-refractivity contribution is 6.20. The quantitative estimate of drug-likeness (QED) is 0.508. The van der Waals surface area contributed by atoms with Gasteiger partial charge in [0.15, 0.2) is 0 Å². The molecule has 0 N–H and O–H groups in total. The minimum atomic E-state index is -0.755. The van der Waals surface area contributed by atoms with E-state index in [-0.39, 0.29) is 12.4 Å². The lowest BCUT2D eigenvalue weighted by atomic mass is 10.1. The van der Waals surface area contributed by atoms with Crippen LogP contribution in [0.4, 0.5) is 0 Å². The lowest BCUT2D eigenvalue weighted by molar-refractivity contribution is -0.144. The fourth-order valence-electron chi connectivity index (χ4n) is 2.34. The molecule has 0 radical (unpaired) electrons. The van der Waals surface area contributed by atoms with Crippen molar-refractivity contribution < 1.29 is 9.53 Å². The molecule has 0 bridgehead atoms. The van der Waals surface area contributed by atoms with Gasteiger partial charge >= 0.3 is 5.97 Å². The molecule has 0 aromatic heterocycles. The van der Waals surface area contributed by atoms with E-state index in [1.807, 2.05) is 72.8 Å². The number of rotatable bonds is 4. The highest BCUT2D eigenvalue weighted by Gasteiger charge is 2.13. The molecule has 0 amide bonds. The first-order valence-corrected chi connectivity index (χ1v) is 7.52. The van der Waals surface area contributed by atoms with Crippen LogP contribution < -0.4 is 0 Å². The molecule has 0 fully saturated rings. The summed E-state index contributed by atoms with van der Waals surface area (Å²) in [5.41, 5.74) is 0.936. The second-order valence-corrected chi connectivity index (χ2v) is 5.47. The standard InChI is InChI=1S/C19H15ClO2/c20-19(16-7-2-1-3-8-16)22-18(21)13-14-10-11-15-6-4-5-9-17(15)12-14/h1-12,19H,13H2. The molecule has 1 atom stereocenters. The molecule has 3 aromatic rings. The van der Waals surface area contributed by atoms with Gasteiger partial charge in [0, 0.05) is 5.56 Å². The van der Waals surface area contributed by atoms with Gasteiger partial charge < -0.3 is 4.74 Å². The first kappa shape index (κ1) is 14.6. The summed E-state index contributed by atoms with van der Waals surface area (Å²) in [4.78, 5) is 12.0.